The van der Waals surface area contributed by atoms with Crippen molar-refractivity contribution >= 4 is 5.97 Å². The summed E-state index contributed by atoms with van der Waals surface area (Å²) in [5, 5.41) is 8.70. The molecule has 0 radical (unpaired) electrons. The summed E-state index contributed by atoms with van der Waals surface area (Å²) in [5.74, 6) is -0.907. The van der Waals surface area contributed by atoms with Crippen LogP contribution in [0.4, 0.5) is 0 Å². The minimum Gasteiger partial charge on any atom is -0.477 e. The van der Waals surface area contributed by atoms with Crippen LogP contribution in [0, 0.1) is 0 Å². The molecule has 1 aromatic rings. The van der Waals surface area contributed by atoms with E-state index in [9.17, 15) is 4.79 Å². The molecule has 78 valence electrons. The monoisotopic (exact) mass is 196 g/mol. The van der Waals surface area contributed by atoms with Gasteiger partial charge in [0, 0.05) is 12.7 Å². The van der Waals surface area contributed by atoms with Gasteiger partial charge in [0.2, 0.25) is 0 Å². The lowest BCUT2D eigenvalue weighted by Crippen LogP contribution is -2.21. The summed E-state index contributed by atoms with van der Waals surface area (Å²) in [5.41, 5.74) is 1.28. The number of nitrogens with zero attached hydrogens (tertiary/aromatic N) is 1. The molecule has 0 aromatic carbocycles. The molecular weight excluding hydrogens is 180 g/mol. The van der Waals surface area contributed by atoms with Gasteiger partial charge in [-0.15, -0.1) is 0 Å². The van der Waals surface area contributed by atoms with Crippen LogP contribution < -0.4 is 0 Å². The number of hydrogen-bond donors (Lipinski definition) is 2. The minimum atomic E-state index is -0.907. The van der Waals surface area contributed by atoms with Crippen molar-refractivity contribution in [2.24, 2.45) is 0 Å². The van der Waals surface area contributed by atoms with Gasteiger partial charge in [-0.05, 0) is 24.7 Å². The highest BCUT2D eigenvalue weighted by Crippen LogP contribution is 2.06. The Hall–Kier alpha value is -1.29. The SMILES string of the molecule is CCN(CC)Cc1c[nH]c(C(=O)O)c1. The Morgan fingerprint density at radius 1 is 1.50 bits per heavy atom. The first-order valence-electron chi connectivity index (χ1n) is 4.80. The van der Waals surface area contributed by atoms with Crippen LogP contribution in [-0.2, 0) is 6.54 Å². The summed E-state index contributed by atoms with van der Waals surface area (Å²) in [4.78, 5) is 15.6. The Balaban J connectivity index is 2.63. The number of aromatic nitrogens is 1. The fourth-order valence-corrected chi connectivity index (χ4v) is 1.36. The summed E-state index contributed by atoms with van der Waals surface area (Å²) in [7, 11) is 0. The molecule has 2 N–H and O–H groups in total. The molecule has 0 fully saturated rings. The number of nitrogens with one attached hydrogen (secondary N) is 1. The molecule has 0 aliphatic rings. The number of H-pyrrole nitrogens is 1. The van der Waals surface area contributed by atoms with E-state index < -0.39 is 5.97 Å². The molecule has 0 saturated heterocycles. The van der Waals surface area contributed by atoms with Crippen LogP contribution in [0.15, 0.2) is 12.3 Å². The fraction of sp³-hybridized carbons (Fsp3) is 0.500. The van der Waals surface area contributed by atoms with E-state index in [4.69, 9.17) is 5.11 Å². The molecule has 0 atom stereocenters. The molecule has 0 amide bonds. The van der Waals surface area contributed by atoms with Crippen molar-refractivity contribution < 1.29 is 9.90 Å². The third-order valence-corrected chi connectivity index (χ3v) is 2.27. The van der Waals surface area contributed by atoms with E-state index in [-0.39, 0.29) is 5.69 Å². The third kappa shape index (κ3) is 2.60. The predicted octanol–water partition coefficient (Wildman–Crippen LogP) is 1.55. The largest absolute Gasteiger partial charge is 0.477 e. The van der Waals surface area contributed by atoms with Gasteiger partial charge >= 0.3 is 5.97 Å². The van der Waals surface area contributed by atoms with E-state index in [1.165, 1.54) is 0 Å². The van der Waals surface area contributed by atoms with Gasteiger partial charge < -0.3 is 10.1 Å². The predicted molar refractivity (Wildman–Crippen MR) is 54.4 cm³/mol. The van der Waals surface area contributed by atoms with Gasteiger partial charge in [0.05, 0.1) is 0 Å². The topological polar surface area (TPSA) is 56.3 Å². The summed E-state index contributed by atoms with van der Waals surface area (Å²) >= 11 is 0. The number of hydrogen-bond acceptors (Lipinski definition) is 2. The van der Waals surface area contributed by atoms with Gasteiger partial charge in [-0.25, -0.2) is 4.79 Å². The lowest BCUT2D eigenvalue weighted by atomic mass is 10.3. The Morgan fingerprint density at radius 2 is 2.14 bits per heavy atom. The van der Waals surface area contributed by atoms with Crippen molar-refractivity contribution in [3.05, 3.63) is 23.5 Å². The Morgan fingerprint density at radius 3 is 2.57 bits per heavy atom. The summed E-state index contributed by atoms with van der Waals surface area (Å²) in [6.07, 6.45) is 1.75. The zero-order valence-corrected chi connectivity index (χ0v) is 8.58. The Bertz CT molecular complexity index is 303. The maximum atomic E-state index is 10.6. The molecule has 0 aliphatic carbocycles. The van der Waals surface area contributed by atoms with Crippen molar-refractivity contribution in [2.75, 3.05) is 13.1 Å². The first-order chi connectivity index (χ1) is 6.67. The smallest absolute Gasteiger partial charge is 0.352 e. The van der Waals surface area contributed by atoms with Gasteiger partial charge in [-0.1, -0.05) is 13.8 Å². The molecule has 0 saturated carbocycles. The van der Waals surface area contributed by atoms with Crippen LogP contribution in [0.25, 0.3) is 0 Å². The second-order valence-corrected chi connectivity index (χ2v) is 3.19. The van der Waals surface area contributed by atoms with Gasteiger partial charge in [0.1, 0.15) is 5.69 Å². The zero-order valence-electron chi connectivity index (χ0n) is 8.58. The first kappa shape index (κ1) is 10.8. The molecular formula is C10H16N2O2. The average molecular weight is 196 g/mol. The molecule has 1 rings (SSSR count). The number of carbonyl (C=O) groups is 1. The van der Waals surface area contributed by atoms with Crippen LogP contribution >= 0.6 is 0 Å². The third-order valence-electron chi connectivity index (χ3n) is 2.27. The Kier molecular flexibility index (Phi) is 3.71. The molecule has 0 spiro atoms. The molecule has 4 heteroatoms. The van der Waals surface area contributed by atoms with E-state index in [0.29, 0.717) is 0 Å². The fourth-order valence-electron chi connectivity index (χ4n) is 1.36. The molecule has 14 heavy (non-hydrogen) atoms. The maximum Gasteiger partial charge on any atom is 0.352 e. The summed E-state index contributed by atoms with van der Waals surface area (Å²) in [6.45, 7) is 6.94. The van der Waals surface area contributed by atoms with Gasteiger partial charge in [0.25, 0.3) is 0 Å². The molecule has 1 aromatic heterocycles. The van der Waals surface area contributed by atoms with Crippen molar-refractivity contribution in [1.82, 2.24) is 9.88 Å². The lowest BCUT2D eigenvalue weighted by Gasteiger charge is -2.16. The van der Waals surface area contributed by atoms with Crippen LogP contribution in [0.3, 0.4) is 0 Å². The van der Waals surface area contributed by atoms with Crippen molar-refractivity contribution in [1.29, 1.82) is 0 Å². The lowest BCUT2D eigenvalue weighted by molar-refractivity contribution is 0.0691. The van der Waals surface area contributed by atoms with E-state index in [1.807, 2.05) is 0 Å². The van der Waals surface area contributed by atoms with Crippen LogP contribution in [0.1, 0.15) is 29.9 Å². The quantitative estimate of drug-likeness (QED) is 0.751. The second-order valence-electron chi connectivity index (χ2n) is 3.19. The maximum absolute atomic E-state index is 10.6. The molecule has 4 nitrogen and oxygen atoms in total. The highest BCUT2D eigenvalue weighted by Gasteiger charge is 2.07. The zero-order chi connectivity index (χ0) is 10.6. The van der Waals surface area contributed by atoms with Crippen LogP contribution in [-0.4, -0.2) is 34.0 Å². The van der Waals surface area contributed by atoms with E-state index in [0.717, 1.165) is 25.2 Å². The molecule has 0 unspecified atom stereocenters. The number of aromatic carboxylic acids is 1. The van der Waals surface area contributed by atoms with E-state index >= 15 is 0 Å². The minimum absolute atomic E-state index is 0.257. The van der Waals surface area contributed by atoms with Crippen molar-refractivity contribution in [2.45, 2.75) is 20.4 Å². The van der Waals surface area contributed by atoms with Gasteiger partial charge in [-0.2, -0.15) is 0 Å². The Labute approximate surface area is 83.5 Å². The standard InChI is InChI=1S/C10H16N2O2/c1-3-12(4-2)7-8-5-9(10(13)14)11-6-8/h5-6,11H,3-4,7H2,1-2H3,(H,13,14). The first-order valence-corrected chi connectivity index (χ1v) is 4.80. The normalized spacial score (nSPS) is 10.8. The average Bonchev–Trinajstić information content (AvgIpc) is 2.62. The summed E-state index contributed by atoms with van der Waals surface area (Å²) < 4.78 is 0. The molecule has 0 aliphatic heterocycles. The number of carboxylic acids is 1. The van der Waals surface area contributed by atoms with E-state index in [1.54, 1.807) is 12.3 Å². The van der Waals surface area contributed by atoms with Crippen LogP contribution in [0.5, 0.6) is 0 Å². The molecule has 1 heterocycles. The molecule has 0 bridgehead atoms. The van der Waals surface area contributed by atoms with Crippen molar-refractivity contribution in [3.8, 4) is 0 Å². The highest BCUT2D eigenvalue weighted by atomic mass is 16.4. The number of rotatable bonds is 5. The second kappa shape index (κ2) is 4.81. The van der Waals surface area contributed by atoms with Gasteiger partial charge in [0.15, 0.2) is 0 Å². The number of aromatic amines is 1. The number of carboxylic acid groups (broad SMARTS) is 1. The van der Waals surface area contributed by atoms with Gasteiger partial charge in [-0.3, -0.25) is 4.90 Å². The highest BCUT2D eigenvalue weighted by molar-refractivity contribution is 5.85. The van der Waals surface area contributed by atoms with Crippen LogP contribution in [0.2, 0.25) is 0 Å². The van der Waals surface area contributed by atoms with E-state index in [2.05, 4.69) is 23.7 Å². The van der Waals surface area contributed by atoms with Crippen molar-refractivity contribution in [3.63, 3.8) is 0 Å². The summed E-state index contributed by atoms with van der Waals surface area (Å²) in [6, 6.07) is 1.68.